The van der Waals surface area contributed by atoms with Crippen LogP contribution in [-0.2, 0) is 11.3 Å². The van der Waals surface area contributed by atoms with Crippen molar-refractivity contribution in [2.45, 2.75) is 20.4 Å². The molecule has 0 unspecified atom stereocenters. The highest BCUT2D eigenvalue weighted by molar-refractivity contribution is 5.77. The van der Waals surface area contributed by atoms with Crippen LogP contribution in [0, 0.1) is 0 Å². The molecule has 16 heavy (non-hydrogen) atoms. The Balaban J connectivity index is 0. The Labute approximate surface area is 98.4 Å². The standard InChI is InChI=1S/C9H12N2O.C2H6.C2H4/c10-6-9(12)11-7-8-4-2-1-3-5-8;2*1-2/h1-5H,6-7,10H2,(H,11,12);1-2H3;1-2H2. The van der Waals surface area contributed by atoms with Crippen molar-refractivity contribution in [3.63, 3.8) is 0 Å². The number of benzene rings is 1. The van der Waals surface area contributed by atoms with Crippen LogP contribution in [0.1, 0.15) is 19.4 Å². The molecule has 0 saturated heterocycles. The summed E-state index contributed by atoms with van der Waals surface area (Å²) in [6.07, 6.45) is 0. The second kappa shape index (κ2) is 13.4. The maximum atomic E-state index is 10.7. The minimum Gasteiger partial charge on any atom is -0.351 e. The number of rotatable bonds is 3. The van der Waals surface area contributed by atoms with Gasteiger partial charge in [-0.05, 0) is 5.56 Å². The Morgan fingerprint density at radius 3 is 2.19 bits per heavy atom. The van der Waals surface area contributed by atoms with Gasteiger partial charge >= 0.3 is 0 Å². The van der Waals surface area contributed by atoms with Crippen LogP contribution >= 0.6 is 0 Å². The van der Waals surface area contributed by atoms with Gasteiger partial charge in [0.05, 0.1) is 6.54 Å². The third-order valence-electron chi connectivity index (χ3n) is 1.52. The van der Waals surface area contributed by atoms with E-state index in [1.54, 1.807) is 0 Å². The molecule has 0 spiro atoms. The fourth-order valence-corrected chi connectivity index (χ4v) is 0.869. The summed E-state index contributed by atoms with van der Waals surface area (Å²) in [4.78, 5) is 10.7. The number of hydrogen-bond acceptors (Lipinski definition) is 2. The highest BCUT2D eigenvalue weighted by Crippen LogP contribution is 1.96. The van der Waals surface area contributed by atoms with Gasteiger partial charge in [-0.25, -0.2) is 0 Å². The number of amides is 1. The number of nitrogens with one attached hydrogen (secondary N) is 1. The first-order valence-corrected chi connectivity index (χ1v) is 5.33. The number of hydrogen-bond donors (Lipinski definition) is 2. The molecule has 3 heteroatoms. The van der Waals surface area contributed by atoms with Gasteiger partial charge in [0, 0.05) is 6.54 Å². The van der Waals surface area contributed by atoms with E-state index >= 15 is 0 Å². The van der Waals surface area contributed by atoms with Crippen LogP contribution in [0.3, 0.4) is 0 Å². The lowest BCUT2D eigenvalue weighted by atomic mass is 10.2. The maximum Gasteiger partial charge on any atom is 0.234 e. The Hall–Kier alpha value is -1.61. The van der Waals surface area contributed by atoms with Gasteiger partial charge in [-0.15, -0.1) is 13.2 Å². The molecular weight excluding hydrogens is 200 g/mol. The van der Waals surface area contributed by atoms with Crippen LogP contribution in [0.2, 0.25) is 0 Å². The third kappa shape index (κ3) is 8.97. The first kappa shape index (κ1) is 16.8. The SMILES string of the molecule is C=C.CC.NCC(=O)NCc1ccccc1. The second-order valence-electron chi connectivity index (χ2n) is 2.47. The van der Waals surface area contributed by atoms with Crippen molar-refractivity contribution in [1.29, 1.82) is 0 Å². The first-order valence-electron chi connectivity index (χ1n) is 5.33. The molecule has 0 aliphatic rings. The van der Waals surface area contributed by atoms with Crippen molar-refractivity contribution in [1.82, 2.24) is 5.32 Å². The van der Waals surface area contributed by atoms with Crippen molar-refractivity contribution in [2.24, 2.45) is 5.73 Å². The monoisotopic (exact) mass is 222 g/mol. The summed E-state index contributed by atoms with van der Waals surface area (Å²) in [6, 6.07) is 9.72. The summed E-state index contributed by atoms with van der Waals surface area (Å²) in [6.45, 7) is 10.6. The average molecular weight is 222 g/mol. The van der Waals surface area contributed by atoms with Crippen LogP contribution in [0.25, 0.3) is 0 Å². The highest BCUT2D eigenvalue weighted by atomic mass is 16.1. The van der Waals surface area contributed by atoms with E-state index in [1.807, 2.05) is 44.2 Å². The minimum absolute atomic E-state index is 0.0484. The van der Waals surface area contributed by atoms with E-state index in [0.29, 0.717) is 6.54 Å². The lowest BCUT2D eigenvalue weighted by Gasteiger charge is -2.02. The van der Waals surface area contributed by atoms with Gasteiger partial charge in [0.2, 0.25) is 5.91 Å². The van der Waals surface area contributed by atoms with E-state index < -0.39 is 0 Å². The van der Waals surface area contributed by atoms with Gasteiger partial charge in [-0.2, -0.15) is 0 Å². The summed E-state index contributed by atoms with van der Waals surface area (Å²) in [5.41, 5.74) is 6.21. The quantitative estimate of drug-likeness (QED) is 0.769. The van der Waals surface area contributed by atoms with Crippen LogP contribution in [0.4, 0.5) is 0 Å². The van der Waals surface area contributed by atoms with Crippen LogP contribution < -0.4 is 11.1 Å². The zero-order valence-corrected chi connectivity index (χ0v) is 10.2. The van der Waals surface area contributed by atoms with Crippen molar-refractivity contribution >= 4 is 5.91 Å². The molecule has 3 nitrogen and oxygen atoms in total. The normalized spacial score (nSPS) is 7.69. The molecule has 1 aromatic rings. The van der Waals surface area contributed by atoms with E-state index in [4.69, 9.17) is 5.73 Å². The molecule has 1 rings (SSSR count). The molecule has 0 heterocycles. The molecule has 0 saturated carbocycles. The Kier molecular flexibility index (Phi) is 14.1. The van der Waals surface area contributed by atoms with Gasteiger partial charge in [0.25, 0.3) is 0 Å². The summed E-state index contributed by atoms with van der Waals surface area (Å²) in [5.74, 6) is -0.126. The van der Waals surface area contributed by atoms with Crippen molar-refractivity contribution in [3.05, 3.63) is 49.1 Å². The number of carbonyl (C=O) groups excluding carboxylic acids is 1. The van der Waals surface area contributed by atoms with E-state index in [-0.39, 0.29) is 12.5 Å². The smallest absolute Gasteiger partial charge is 0.234 e. The maximum absolute atomic E-state index is 10.7. The van der Waals surface area contributed by atoms with E-state index in [9.17, 15) is 4.79 Å². The molecule has 0 fully saturated rings. The van der Waals surface area contributed by atoms with Crippen molar-refractivity contribution in [3.8, 4) is 0 Å². The van der Waals surface area contributed by atoms with Crippen LogP contribution in [-0.4, -0.2) is 12.5 Å². The Morgan fingerprint density at radius 2 is 1.75 bits per heavy atom. The molecule has 0 radical (unpaired) electrons. The predicted molar refractivity (Wildman–Crippen MR) is 69.9 cm³/mol. The largest absolute Gasteiger partial charge is 0.351 e. The lowest BCUT2D eigenvalue weighted by Crippen LogP contribution is -2.29. The van der Waals surface area contributed by atoms with E-state index in [0.717, 1.165) is 5.56 Å². The molecular formula is C13H22N2O. The molecule has 0 bridgehead atoms. The fourth-order valence-electron chi connectivity index (χ4n) is 0.869. The van der Waals surface area contributed by atoms with Crippen molar-refractivity contribution in [2.75, 3.05) is 6.54 Å². The van der Waals surface area contributed by atoms with E-state index in [1.165, 1.54) is 0 Å². The highest BCUT2D eigenvalue weighted by Gasteiger charge is 1.95. The Morgan fingerprint density at radius 1 is 1.25 bits per heavy atom. The zero-order chi connectivity index (χ0) is 12.8. The summed E-state index contributed by atoms with van der Waals surface area (Å²) in [7, 11) is 0. The van der Waals surface area contributed by atoms with Gasteiger partial charge < -0.3 is 11.1 Å². The number of nitrogens with two attached hydrogens (primary N) is 1. The molecule has 0 aliphatic carbocycles. The van der Waals surface area contributed by atoms with Gasteiger partial charge in [0.1, 0.15) is 0 Å². The predicted octanol–water partition coefficient (Wildman–Crippen LogP) is 2.09. The van der Waals surface area contributed by atoms with Gasteiger partial charge in [0.15, 0.2) is 0 Å². The summed E-state index contributed by atoms with van der Waals surface area (Å²) < 4.78 is 0. The lowest BCUT2D eigenvalue weighted by molar-refractivity contribution is -0.119. The third-order valence-corrected chi connectivity index (χ3v) is 1.52. The van der Waals surface area contributed by atoms with Crippen LogP contribution in [0.15, 0.2) is 43.5 Å². The molecule has 0 aromatic heterocycles. The molecule has 90 valence electrons. The average Bonchev–Trinajstić information content (AvgIpc) is 2.41. The summed E-state index contributed by atoms with van der Waals surface area (Å²) in [5, 5.41) is 2.68. The second-order valence-corrected chi connectivity index (χ2v) is 2.47. The zero-order valence-electron chi connectivity index (χ0n) is 10.2. The minimum atomic E-state index is -0.126. The molecule has 1 aromatic carbocycles. The molecule has 0 aliphatic heterocycles. The topological polar surface area (TPSA) is 55.1 Å². The molecule has 0 atom stereocenters. The van der Waals surface area contributed by atoms with E-state index in [2.05, 4.69) is 18.5 Å². The van der Waals surface area contributed by atoms with Crippen molar-refractivity contribution < 1.29 is 4.79 Å². The molecule has 3 N–H and O–H groups in total. The van der Waals surface area contributed by atoms with Gasteiger partial charge in [-0.3, -0.25) is 4.79 Å². The molecule has 1 amide bonds. The first-order chi connectivity index (χ1) is 7.83. The fraction of sp³-hybridized carbons (Fsp3) is 0.308. The van der Waals surface area contributed by atoms with Crippen LogP contribution in [0.5, 0.6) is 0 Å². The Bertz CT molecular complexity index is 260. The number of carbonyl (C=O) groups is 1. The van der Waals surface area contributed by atoms with Gasteiger partial charge in [-0.1, -0.05) is 44.2 Å². The summed E-state index contributed by atoms with van der Waals surface area (Å²) >= 11 is 0.